The Morgan fingerprint density at radius 2 is 1.95 bits per heavy atom. The lowest BCUT2D eigenvalue weighted by Crippen LogP contribution is -2.43. The molecule has 1 aromatic rings. The number of amides is 1. The average Bonchev–Trinajstić information content (AvgIpc) is 2.42. The number of benzene rings is 1. The number of carboxylic acids is 1. The molecule has 0 fully saturated rings. The Morgan fingerprint density at radius 3 is 2.53 bits per heavy atom. The third kappa shape index (κ3) is 6.26. The fourth-order valence-electron chi connectivity index (χ4n) is 1.39. The van der Waals surface area contributed by atoms with Gasteiger partial charge in [0.2, 0.25) is 5.91 Å². The van der Waals surface area contributed by atoms with E-state index >= 15 is 0 Å². The van der Waals surface area contributed by atoms with E-state index in [-0.39, 0.29) is 12.3 Å². The van der Waals surface area contributed by atoms with Crippen LogP contribution in [-0.4, -0.2) is 40.5 Å². The number of aliphatic carboxylic acids is 1. The van der Waals surface area contributed by atoms with Crippen molar-refractivity contribution in [3.63, 3.8) is 0 Å². The first-order valence-electron chi connectivity index (χ1n) is 5.94. The van der Waals surface area contributed by atoms with Crippen molar-refractivity contribution in [2.24, 2.45) is 0 Å². The van der Waals surface area contributed by atoms with E-state index in [1.165, 1.54) is 0 Å². The molecule has 1 amide bonds. The van der Waals surface area contributed by atoms with Crippen LogP contribution in [0, 0.1) is 0 Å². The van der Waals surface area contributed by atoms with Crippen molar-refractivity contribution >= 4 is 23.6 Å². The third-order valence-corrected chi connectivity index (χ3v) is 3.47. The quantitative estimate of drug-likeness (QED) is 0.491. The molecule has 0 aliphatic rings. The van der Waals surface area contributed by atoms with Crippen LogP contribution in [0.3, 0.4) is 0 Å². The van der Waals surface area contributed by atoms with Crippen molar-refractivity contribution < 1.29 is 19.8 Å². The van der Waals surface area contributed by atoms with E-state index in [1.54, 1.807) is 11.8 Å². The molecule has 0 bridgehead atoms. The smallest absolute Gasteiger partial charge is 0.328 e. The van der Waals surface area contributed by atoms with Crippen LogP contribution in [-0.2, 0) is 9.59 Å². The number of aliphatic hydroxyl groups excluding tert-OH is 1. The van der Waals surface area contributed by atoms with Gasteiger partial charge >= 0.3 is 5.97 Å². The summed E-state index contributed by atoms with van der Waals surface area (Å²) in [4.78, 5) is 23.2. The predicted molar refractivity (Wildman–Crippen MR) is 73.1 cm³/mol. The molecule has 0 spiro atoms. The first-order valence-corrected chi connectivity index (χ1v) is 6.93. The Hall–Kier alpha value is -1.53. The zero-order valence-electron chi connectivity index (χ0n) is 10.4. The highest BCUT2D eigenvalue weighted by Gasteiger charge is 2.17. The van der Waals surface area contributed by atoms with Crippen LogP contribution < -0.4 is 5.32 Å². The number of aliphatic hydroxyl groups is 1. The topological polar surface area (TPSA) is 86.6 Å². The second-order valence-corrected chi connectivity index (χ2v) is 5.07. The summed E-state index contributed by atoms with van der Waals surface area (Å²) in [6.45, 7) is -0.597. The average molecular weight is 283 g/mol. The number of hydrogen-bond acceptors (Lipinski definition) is 4. The molecule has 104 valence electrons. The van der Waals surface area contributed by atoms with Gasteiger partial charge in [-0.25, -0.2) is 4.79 Å². The van der Waals surface area contributed by atoms with Crippen molar-refractivity contribution in [3.05, 3.63) is 30.3 Å². The van der Waals surface area contributed by atoms with E-state index in [2.05, 4.69) is 5.32 Å². The summed E-state index contributed by atoms with van der Waals surface area (Å²) >= 11 is 1.65. The number of carbonyl (C=O) groups is 2. The fourth-order valence-corrected chi connectivity index (χ4v) is 2.27. The summed E-state index contributed by atoms with van der Waals surface area (Å²) in [5.74, 6) is -0.793. The Balaban J connectivity index is 2.19. The number of carboxylic acid groups (broad SMARTS) is 1. The normalized spacial score (nSPS) is 11.8. The standard InChI is InChI=1S/C13H17NO4S/c15-9-11(13(17)18)14-12(16)7-4-8-19-10-5-2-1-3-6-10/h1-3,5-6,11,15H,4,7-9H2,(H,14,16)(H,17,18)/t11-/m1/s1. The number of rotatable bonds is 8. The van der Waals surface area contributed by atoms with Gasteiger partial charge in [0.1, 0.15) is 6.04 Å². The summed E-state index contributed by atoms with van der Waals surface area (Å²) in [5, 5.41) is 19.7. The van der Waals surface area contributed by atoms with Gasteiger partial charge in [-0.1, -0.05) is 18.2 Å². The third-order valence-electron chi connectivity index (χ3n) is 2.38. The van der Waals surface area contributed by atoms with Gasteiger partial charge in [-0.15, -0.1) is 11.8 Å². The van der Waals surface area contributed by atoms with Crippen molar-refractivity contribution in [3.8, 4) is 0 Å². The van der Waals surface area contributed by atoms with Gasteiger partial charge in [0.05, 0.1) is 6.61 Å². The monoisotopic (exact) mass is 283 g/mol. The van der Waals surface area contributed by atoms with E-state index in [1.807, 2.05) is 30.3 Å². The van der Waals surface area contributed by atoms with Crippen LogP contribution in [0.15, 0.2) is 35.2 Å². The molecule has 0 heterocycles. The molecule has 0 aromatic heterocycles. The van der Waals surface area contributed by atoms with E-state index in [4.69, 9.17) is 10.2 Å². The van der Waals surface area contributed by atoms with Gasteiger partial charge in [0.25, 0.3) is 0 Å². The molecule has 0 radical (unpaired) electrons. The molecular weight excluding hydrogens is 266 g/mol. The fraction of sp³-hybridized carbons (Fsp3) is 0.385. The highest BCUT2D eigenvalue weighted by molar-refractivity contribution is 7.99. The molecule has 0 unspecified atom stereocenters. The highest BCUT2D eigenvalue weighted by Crippen LogP contribution is 2.18. The molecule has 19 heavy (non-hydrogen) atoms. The molecule has 0 aliphatic carbocycles. The van der Waals surface area contributed by atoms with Crippen LogP contribution in [0.2, 0.25) is 0 Å². The van der Waals surface area contributed by atoms with Gasteiger partial charge in [-0.05, 0) is 24.3 Å². The minimum Gasteiger partial charge on any atom is -0.480 e. The van der Waals surface area contributed by atoms with E-state index in [9.17, 15) is 9.59 Å². The second kappa shape index (κ2) is 8.55. The van der Waals surface area contributed by atoms with Crippen molar-refractivity contribution in [2.45, 2.75) is 23.8 Å². The van der Waals surface area contributed by atoms with Gasteiger partial charge in [-0.3, -0.25) is 4.79 Å². The predicted octanol–water partition coefficient (Wildman–Crippen LogP) is 1.12. The molecule has 1 rings (SSSR count). The maximum absolute atomic E-state index is 11.4. The molecular formula is C13H17NO4S. The minimum atomic E-state index is -1.23. The van der Waals surface area contributed by atoms with Crippen LogP contribution in [0.25, 0.3) is 0 Å². The number of hydrogen-bond donors (Lipinski definition) is 3. The maximum Gasteiger partial charge on any atom is 0.328 e. The van der Waals surface area contributed by atoms with Crippen LogP contribution in [0.1, 0.15) is 12.8 Å². The van der Waals surface area contributed by atoms with Gasteiger partial charge in [-0.2, -0.15) is 0 Å². The van der Waals surface area contributed by atoms with Crippen molar-refractivity contribution in [1.29, 1.82) is 0 Å². The summed E-state index contributed by atoms with van der Waals surface area (Å²) in [5.41, 5.74) is 0. The van der Waals surface area contributed by atoms with Gasteiger partial charge in [0.15, 0.2) is 0 Å². The summed E-state index contributed by atoms with van der Waals surface area (Å²) in [6, 6.07) is 8.63. The Morgan fingerprint density at radius 1 is 1.26 bits per heavy atom. The zero-order valence-corrected chi connectivity index (χ0v) is 11.2. The van der Waals surface area contributed by atoms with E-state index < -0.39 is 18.6 Å². The Labute approximate surface area is 116 Å². The van der Waals surface area contributed by atoms with Crippen LogP contribution in [0.4, 0.5) is 0 Å². The SMILES string of the molecule is O=C(CCCSc1ccccc1)N[C@H](CO)C(=O)O. The molecule has 0 saturated heterocycles. The van der Waals surface area contributed by atoms with Crippen LogP contribution in [0.5, 0.6) is 0 Å². The Bertz CT molecular complexity index is 410. The molecule has 1 aromatic carbocycles. The lowest BCUT2D eigenvalue weighted by atomic mass is 10.2. The lowest BCUT2D eigenvalue weighted by Gasteiger charge is -2.11. The number of nitrogens with one attached hydrogen (secondary N) is 1. The molecule has 0 saturated carbocycles. The summed E-state index contributed by atoms with van der Waals surface area (Å²) in [7, 11) is 0. The van der Waals surface area contributed by atoms with E-state index in [0.717, 1.165) is 10.6 Å². The molecule has 1 atom stereocenters. The van der Waals surface area contributed by atoms with Crippen molar-refractivity contribution in [2.75, 3.05) is 12.4 Å². The van der Waals surface area contributed by atoms with Gasteiger partial charge < -0.3 is 15.5 Å². The largest absolute Gasteiger partial charge is 0.480 e. The maximum atomic E-state index is 11.4. The summed E-state index contributed by atoms with van der Waals surface area (Å²) < 4.78 is 0. The number of carbonyl (C=O) groups excluding carboxylic acids is 1. The van der Waals surface area contributed by atoms with Crippen molar-refractivity contribution in [1.82, 2.24) is 5.32 Å². The van der Waals surface area contributed by atoms with Gasteiger partial charge in [0, 0.05) is 11.3 Å². The first kappa shape index (κ1) is 15.5. The molecule has 0 aliphatic heterocycles. The highest BCUT2D eigenvalue weighted by atomic mass is 32.2. The number of thioether (sulfide) groups is 1. The first-order chi connectivity index (χ1) is 9.13. The summed E-state index contributed by atoms with van der Waals surface area (Å²) in [6.07, 6.45) is 0.909. The molecule has 6 heteroatoms. The molecule has 3 N–H and O–H groups in total. The van der Waals surface area contributed by atoms with E-state index in [0.29, 0.717) is 6.42 Å². The second-order valence-electron chi connectivity index (χ2n) is 3.91. The Kier molecular flexibility index (Phi) is 6.99. The molecule has 5 nitrogen and oxygen atoms in total. The zero-order chi connectivity index (χ0) is 14.1. The lowest BCUT2D eigenvalue weighted by molar-refractivity contribution is -0.142. The minimum absolute atomic E-state index is 0.254. The van der Waals surface area contributed by atoms with Crippen LogP contribution >= 0.6 is 11.8 Å².